The number of nitrogens with zero attached hydrogens (tertiary/aromatic N) is 2. The Morgan fingerprint density at radius 1 is 1.21 bits per heavy atom. The Bertz CT molecular complexity index is 1100. The highest BCUT2D eigenvalue weighted by molar-refractivity contribution is 8.00. The highest BCUT2D eigenvalue weighted by atomic mass is 35.5. The molecule has 2 heterocycles. The average Bonchev–Trinajstić information content (AvgIpc) is 3.10. The van der Waals surface area contributed by atoms with Crippen molar-refractivity contribution in [3.8, 4) is 0 Å². The number of ketones is 1. The summed E-state index contributed by atoms with van der Waals surface area (Å²) >= 11 is 8.81. The molecule has 1 aliphatic heterocycles. The molecule has 2 aromatic carbocycles. The molecule has 0 saturated heterocycles. The first kappa shape index (κ1) is 20.3. The van der Waals surface area contributed by atoms with E-state index in [4.69, 9.17) is 16.6 Å². The zero-order valence-corrected chi connectivity index (χ0v) is 18.2. The van der Waals surface area contributed by atoms with Gasteiger partial charge in [0.25, 0.3) is 5.56 Å². The summed E-state index contributed by atoms with van der Waals surface area (Å²) in [6, 6.07) is 16.7. The summed E-state index contributed by atoms with van der Waals surface area (Å²) in [4.78, 5) is 31.3. The van der Waals surface area contributed by atoms with Gasteiger partial charge in [-0.1, -0.05) is 60.6 Å². The Labute approximate surface area is 182 Å². The summed E-state index contributed by atoms with van der Waals surface area (Å²) in [5.74, 6) is 0.195. The highest BCUT2D eigenvalue weighted by Crippen LogP contribution is 2.34. The molecule has 3 aromatic rings. The van der Waals surface area contributed by atoms with Crippen LogP contribution in [0.5, 0.6) is 0 Å². The summed E-state index contributed by atoms with van der Waals surface area (Å²) in [5.41, 5.74) is 2.45. The van der Waals surface area contributed by atoms with E-state index in [0.717, 1.165) is 22.6 Å². The van der Waals surface area contributed by atoms with Crippen LogP contribution in [0.2, 0.25) is 5.02 Å². The molecule has 0 aliphatic carbocycles. The van der Waals surface area contributed by atoms with E-state index < -0.39 is 0 Å². The second kappa shape index (κ2) is 8.78. The van der Waals surface area contributed by atoms with Gasteiger partial charge >= 0.3 is 0 Å². The number of fused-ring (bicyclic) bond motifs is 1. The lowest BCUT2D eigenvalue weighted by Gasteiger charge is -2.13. The molecule has 4 rings (SSSR count). The van der Waals surface area contributed by atoms with Crippen molar-refractivity contribution < 1.29 is 4.79 Å². The molecule has 7 heteroatoms. The van der Waals surface area contributed by atoms with E-state index in [9.17, 15) is 9.59 Å². The predicted molar refractivity (Wildman–Crippen MR) is 120 cm³/mol. The van der Waals surface area contributed by atoms with Crippen molar-refractivity contribution >= 4 is 40.9 Å². The van der Waals surface area contributed by atoms with Gasteiger partial charge in [0, 0.05) is 22.3 Å². The first-order valence-electron chi connectivity index (χ1n) is 9.27. The van der Waals surface area contributed by atoms with E-state index in [0.29, 0.717) is 27.5 Å². The first-order chi connectivity index (χ1) is 14.0. The van der Waals surface area contributed by atoms with Crippen LogP contribution < -0.4 is 5.56 Å². The molecule has 0 amide bonds. The molecule has 29 heavy (non-hydrogen) atoms. The van der Waals surface area contributed by atoms with Crippen LogP contribution >= 0.6 is 35.1 Å². The number of hydrogen-bond donors (Lipinski definition) is 0. The number of halogens is 1. The van der Waals surface area contributed by atoms with Gasteiger partial charge in [-0.3, -0.25) is 14.2 Å². The maximum atomic E-state index is 13.2. The second-order valence-corrected chi connectivity index (χ2v) is 9.73. The molecule has 0 bridgehead atoms. The fraction of sp³-hybridized carbons (Fsp3) is 0.227. The molecule has 0 unspecified atom stereocenters. The minimum atomic E-state index is -0.0188. The van der Waals surface area contributed by atoms with E-state index >= 15 is 0 Å². The zero-order chi connectivity index (χ0) is 20.4. The van der Waals surface area contributed by atoms with Gasteiger partial charge in [0.05, 0.1) is 22.9 Å². The van der Waals surface area contributed by atoms with Gasteiger partial charge in [0.1, 0.15) is 0 Å². The van der Waals surface area contributed by atoms with Gasteiger partial charge < -0.3 is 0 Å². The fourth-order valence-electron chi connectivity index (χ4n) is 3.20. The molecule has 1 atom stereocenters. The lowest BCUT2D eigenvalue weighted by atomic mass is 10.1. The van der Waals surface area contributed by atoms with Gasteiger partial charge in [0.2, 0.25) is 0 Å². The topological polar surface area (TPSA) is 52.0 Å². The minimum Gasteiger partial charge on any atom is -0.293 e. The number of benzene rings is 2. The maximum Gasteiger partial charge on any atom is 0.268 e. The molecule has 0 N–H and O–H groups in total. The lowest BCUT2D eigenvalue weighted by molar-refractivity contribution is 0.102. The first-order valence-corrected chi connectivity index (χ1v) is 11.5. The molecule has 148 valence electrons. The number of carbonyl (C=O) groups excluding carboxylic acids is 1. The Morgan fingerprint density at radius 2 is 1.93 bits per heavy atom. The van der Waals surface area contributed by atoms with Crippen LogP contribution in [0.1, 0.15) is 28.5 Å². The van der Waals surface area contributed by atoms with Crippen LogP contribution in [0, 0.1) is 0 Å². The minimum absolute atomic E-state index is 0.0181. The lowest BCUT2D eigenvalue weighted by Crippen LogP contribution is -2.26. The number of Topliss-reactive ketones (excluding diaryl/α,β-unsaturated/α-hetero) is 1. The number of carbonyl (C=O) groups is 1. The molecule has 1 aromatic heterocycles. The molecule has 0 fully saturated rings. The third-order valence-electron chi connectivity index (χ3n) is 4.64. The van der Waals surface area contributed by atoms with Gasteiger partial charge in [0.15, 0.2) is 10.9 Å². The van der Waals surface area contributed by atoms with Crippen LogP contribution in [0.25, 0.3) is 0 Å². The van der Waals surface area contributed by atoms with Crippen LogP contribution in [0.3, 0.4) is 0 Å². The summed E-state index contributed by atoms with van der Waals surface area (Å²) in [5, 5.41) is 1.53. The van der Waals surface area contributed by atoms with Crippen molar-refractivity contribution in [1.82, 2.24) is 9.55 Å². The number of hydrogen-bond acceptors (Lipinski definition) is 5. The Morgan fingerprint density at radius 3 is 2.66 bits per heavy atom. The van der Waals surface area contributed by atoms with Gasteiger partial charge in [-0.05, 0) is 29.8 Å². The zero-order valence-electron chi connectivity index (χ0n) is 15.8. The van der Waals surface area contributed by atoms with Crippen LogP contribution in [0.15, 0.2) is 69.4 Å². The number of aromatic nitrogens is 2. The summed E-state index contributed by atoms with van der Waals surface area (Å²) in [6.07, 6.45) is 0.778. The molecule has 0 spiro atoms. The van der Waals surface area contributed by atoms with Gasteiger partial charge in [-0.2, -0.15) is 0 Å². The summed E-state index contributed by atoms with van der Waals surface area (Å²) in [7, 11) is 0. The molecule has 1 aliphatic rings. The van der Waals surface area contributed by atoms with Crippen LogP contribution in [-0.4, -0.2) is 26.3 Å². The second-order valence-electron chi connectivity index (χ2n) is 6.90. The monoisotopic (exact) mass is 442 g/mol. The Hall–Kier alpha value is -2.02. The average molecular weight is 443 g/mol. The summed E-state index contributed by atoms with van der Waals surface area (Å²) < 4.78 is 1.69. The fourth-order valence-corrected chi connectivity index (χ4v) is 5.35. The Balaban J connectivity index is 1.63. The van der Waals surface area contributed by atoms with E-state index in [1.165, 1.54) is 11.8 Å². The van der Waals surface area contributed by atoms with Crippen molar-refractivity contribution in [2.75, 3.05) is 5.75 Å². The third-order valence-corrected chi connectivity index (χ3v) is 7.09. The molecular weight excluding hydrogens is 424 g/mol. The number of thioether (sulfide) groups is 2. The van der Waals surface area contributed by atoms with E-state index in [2.05, 4.69) is 6.92 Å². The van der Waals surface area contributed by atoms with E-state index in [1.807, 2.05) is 30.3 Å². The van der Waals surface area contributed by atoms with Crippen molar-refractivity contribution in [2.45, 2.75) is 35.2 Å². The van der Waals surface area contributed by atoms with Crippen LogP contribution in [-0.2, 0) is 13.0 Å². The maximum absolute atomic E-state index is 13.2. The van der Waals surface area contributed by atoms with Crippen LogP contribution in [0.4, 0.5) is 0 Å². The summed E-state index contributed by atoms with van der Waals surface area (Å²) in [6.45, 7) is 2.54. The van der Waals surface area contributed by atoms with Crippen molar-refractivity contribution in [1.29, 1.82) is 0 Å². The largest absolute Gasteiger partial charge is 0.293 e. The standard InChI is InChI=1S/C22H19ClN2O2S2/c1-14-11-18-20(29-14)21(27)25(12-15-5-3-2-4-6-15)22(24-18)28-13-19(26)16-7-9-17(23)10-8-16/h2-10,14H,11-13H2,1H3/t14-/m1/s1. The molecule has 0 saturated carbocycles. The van der Waals surface area contributed by atoms with Crippen molar-refractivity contribution in [2.24, 2.45) is 0 Å². The third kappa shape index (κ3) is 4.60. The molecule has 4 nitrogen and oxygen atoms in total. The van der Waals surface area contributed by atoms with Gasteiger partial charge in [-0.15, -0.1) is 11.8 Å². The normalized spacial score (nSPS) is 15.3. The van der Waals surface area contributed by atoms with Crippen molar-refractivity contribution in [3.63, 3.8) is 0 Å². The SMILES string of the molecule is C[C@@H]1Cc2nc(SCC(=O)c3ccc(Cl)cc3)n(Cc3ccccc3)c(=O)c2S1. The predicted octanol–water partition coefficient (Wildman–Crippen LogP) is 4.96. The van der Waals surface area contributed by atoms with Gasteiger partial charge in [-0.25, -0.2) is 4.98 Å². The Kier molecular flexibility index (Phi) is 6.13. The number of rotatable bonds is 6. The highest BCUT2D eigenvalue weighted by Gasteiger charge is 2.26. The van der Waals surface area contributed by atoms with Crippen molar-refractivity contribution in [3.05, 3.63) is 86.8 Å². The van der Waals surface area contributed by atoms with E-state index in [1.54, 1.807) is 40.6 Å². The van der Waals surface area contributed by atoms with E-state index in [-0.39, 0.29) is 17.1 Å². The quantitative estimate of drug-likeness (QED) is 0.307. The molecular formula is C22H19ClN2O2S2. The molecule has 0 radical (unpaired) electrons. The smallest absolute Gasteiger partial charge is 0.268 e.